The Kier molecular flexibility index (Phi) is 2.40. The van der Waals surface area contributed by atoms with Crippen molar-refractivity contribution in [1.82, 2.24) is 4.98 Å². The number of hydrogen-bond donors (Lipinski definition) is 1. The van der Waals surface area contributed by atoms with Crippen molar-refractivity contribution in [3.05, 3.63) is 45.9 Å². The van der Waals surface area contributed by atoms with Gasteiger partial charge in [0.15, 0.2) is 0 Å². The summed E-state index contributed by atoms with van der Waals surface area (Å²) in [6, 6.07) is 8.54. The van der Waals surface area contributed by atoms with E-state index in [1.165, 1.54) is 16.3 Å². The summed E-state index contributed by atoms with van der Waals surface area (Å²) in [7, 11) is 0. The Bertz CT molecular complexity index is 504. The molecule has 1 unspecified atom stereocenters. The van der Waals surface area contributed by atoms with Crippen LogP contribution < -0.4 is 5.32 Å². The molecule has 0 radical (unpaired) electrons. The van der Waals surface area contributed by atoms with Gasteiger partial charge in [-0.1, -0.05) is 18.2 Å². The molecule has 0 aliphatic carbocycles. The molecule has 0 saturated carbocycles. The summed E-state index contributed by atoms with van der Waals surface area (Å²) in [6.07, 6.45) is 1.11. The van der Waals surface area contributed by atoms with Crippen LogP contribution in [0.2, 0.25) is 0 Å². The third kappa shape index (κ3) is 1.71. The number of aryl methyl sites for hydroxylation is 1. The van der Waals surface area contributed by atoms with Crippen LogP contribution in [0.3, 0.4) is 0 Å². The Labute approximate surface area is 99.4 Å². The molecule has 3 rings (SSSR count). The summed E-state index contributed by atoms with van der Waals surface area (Å²) >= 11 is 1.78. The van der Waals surface area contributed by atoms with Crippen LogP contribution in [0, 0.1) is 6.92 Å². The smallest absolute Gasteiger partial charge is 0.0980 e. The van der Waals surface area contributed by atoms with E-state index >= 15 is 0 Å². The van der Waals surface area contributed by atoms with E-state index in [1.807, 2.05) is 0 Å². The van der Waals surface area contributed by atoms with E-state index in [2.05, 4.69) is 46.9 Å². The standard InChI is InChI=1S/C13H14N2S/c1-9-8-16-13(15-9)11-6-10-4-2-3-5-12(10)14-7-11/h2-5,8,11,14H,6-7H2,1H3. The normalized spacial score (nSPS) is 18.9. The maximum absolute atomic E-state index is 4.59. The predicted octanol–water partition coefficient (Wildman–Crippen LogP) is 3.20. The van der Waals surface area contributed by atoms with Crippen molar-refractivity contribution in [3.8, 4) is 0 Å². The van der Waals surface area contributed by atoms with E-state index in [9.17, 15) is 0 Å². The summed E-state index contributed by atoms with van der Waals surface area (Å²) < 4.78 is 0. The first-order chi connectivity index (χ1) is 7.83. The number of rotatable bonds is 1. The molecule has 82 valence electrons. The van der Waals surface area contributed by atoms with Gasteiger partial charge in [0.2, 0.25) is 0 Å². The first-order valence-corrected chi connectivity index (χ1v) is 6.44. The molecule has 1 atom stereocenters. The molecule has 0 fully saturated rings. The largest absolute Gasteiger partial charge is 0.384 e. The first kappa shape index (κ1) is 9.85. The molecule has 0 spiro atoms. The average Bonchev–Trinajstić information content (AvgIpc) is 2.75. The van der Waals surface area contributed by atoms with Gasteiger partial charge in [-0.3, -0.25) is 0 Å². The van der Waals surface area contributed by atoms with Crippen LogP contribution in [-0.2, 0) is 6.42 Å². The van der Waals surface area contributed by atoms with Gasteiger partial charge < -0.3 is 5.32 Å². The van der Waals surface area contributed by atoms with E-state index in [4.69, 9.17) is 0 Å². The zero-order chi connectivity index (χ0) is 11.0. The van der Waals surface area contributed by atoms with Gasteiger partial charge in [-0.05, 0) is 25.0 Å². The van der Waals surface area contributed by atoms with Gasteiger partial charge in [0.1, 0.15) is 0 Å². The van der Waals surface area contributed by atoms with Crippen LogP contribution in [0.25, 0.3) is 0 Å². The van der Waals surface area contributed by atoms with Gasteiger partial charge >= 0.3 is 0 Å². The highest BCUT2D eigenvalue weighted by Gasteiger charge is 2.21. The lowest BCUT2D eigenvalue weighted by atomic mass is 9.94. The molecule has 0 saturated heterocycles. The summed E-state index contributed by atoms with van der Waals surface area (Å²) in [6.45, 7) is 3.06. The Balaban J connectivity index is 1.88. The number of hydrogen-bond acceptors (Lipinski definition) is 3. The zero-order valence-corrected chi connectivity index (χ0v) is 10.1. The molecule has 1 aliphatic heterocycles. The molecule has 0 bridgehead atoms. The Hall–Kier alpha value is -1.35. The van der Waals surface area contributed by atoms with E-state index in [0.717, 1.165) is 18.7 Å². The van der Waals surface area contributed by atoms with Crippen LogP contribution in [0.1, 0.15) is 22.2 Å². The van der Waals surface area contributed by atoms with Crippen molar-refractivity contribution < 1.29 is 0 Å². The fraction of sp³-hybridized carbons (Fsp3) is 0.308. The molecule has 2 nitrogen and oxygen atoms in total. The summed E-state index contributed by atoms with van der Waals surface area (Å²) in [5.41, 5.74) is 3.83. The second kappa shape index (κ2) is 3.91. The lowest BCUT2D eigenvalue weighted by molar-refractivity contribution is 0.688. The maximum Gasteiger partial charge on any atom is 0.0980 e. The van der Waals surface area contributed by atoms with Crippen molar-refractivity contribution in [3.63, 3.8) is 0 Å². The van der Waals surface area contributed by atoms with E-state index in [0.29, 0.717) is 5.92 Å². The summed E-state index contributed by atoms with van der Waals surface area (Å²) in [5, 5.41) is 6.89. The van der Waals surface area contributed by atoms with Crippen LogP contribution >= 0.6 is 11.3 Å². The lowest BCUT2D eigenvalue weighted by Crippen LogP contribution is -2.21. The van der Waals surface area contributed by atoms with Crippen molar-refractivity contribution in [1.29, 1.82) is 0 Å². The molecule has 1 N–H and O–H groups in total. The molecule has 3 heteroatoms. The summed E-state index contributed by atoms with van der Waals surface area (Å²) in [5.74, 6) is 0.536. The Morgan fingerprint density at radius 2 is 2.25 bits per heavy atom. The van der Waals surface area contributed by atoms with Gasteiger partial charge in [0, 0.05) is 29.2 Å². The molecule has 0 amide bonds. The van der Waals surface area contributed by atoms with E-state index in [1.54, 1.807) is 11.3 Å². The Morgan fingerprint density at radius 1 is 1.38 bits per heavy atom. The second-order valence-electron chi connectivity index (χ2n) is 4.27. The highest BCUT2D eigenvalue weighted by Crippen LogP contribution is 2.31. The molecule has 2 aromatic rings. The first-order valence-electron chi connectivity index (χ1n) is 5.57. The molecule has 16 heavy (non-hydrogen) atoms. The topological polar surface area (TPSA) is 24.9 Å². The van der Waals surface area contributed by atoms with Gasteiger partial charge in [-0.2, -0.15) is 0 Å². The van der Waals surface area contributed by atoms with Crippen LogP contribution in [-0.4, -0.2) is 11.5 Å². The maximum atomic E-state index is 4.59. The zero-order valence-electron chi connectivity index (χ0n) is 9.23. The number of aromatic nitrogens is 1. The molecular weight excluding hydrogens is 216 g/mol. The third-order valence-corrected chi connectivity index (χ3v) is 4.13. The molecular formula is C13H14N2S. The fourth-order valence-corrected chi connectivity index (χ4v) is 3.08. The summed E-state index contributed by atoms with van der Waals surface area (Å²) in [4.78, 5) is 4.59. The number of benzene rings is 1. The lowest BCUT2D eigenvalue weighted by Gasteiger charge is -2.24. The number of nitrogens with one attached hydrogen (secondary N) is 1. The van der Waals surface area contributed by atoms with Gasteiger partial charge in [0.25, 0.3) is 0 Å². The number of fused-ring (bicyclic) bond motifs is 1. The van der Waals surface area contributed by atoms with Gasteiger partial charge in [-0.15, -0.1) is 11.3 Å². The van der Waals surface area contributed by atoms with Crippen molar-refractivity contribution in [2.75, 3.05) is 11.9 Å². The minimum atomic E-state index is 0.536. The monoisotopic (exact) mass is 230 g/mol. The minimum absolute atomic E-state index is 0.536. The van der Waals surface area contributed by atoms with Crippen molar-refractivity contribution in [2.24, 2.45) is 0 Å². The van der Waals surface area contributed by atoms with Crippen LogP contribution in [0.5, 0.6) is 0 Å². The van der Waals surface area contributed by atoms with Crippen LogP contribution in [0.15, 0.2) is 29.6 Å². The quantitative estimate of drug-likeness (QED) is 0.813. The highest BCUT2D eigenvalue weighted by molar-refractivity contribution is 7.09. The molecule has 2 heterocycles. The average molecular weight is 230 g/mol. The number of anilines is 1. The predicted molar refractivity (Wildman–Crippen MR) is 68.2 cm³/mol. The van der Waals surface area contributed by atoms with Gasteiger partial charge in [0.05, 0.1) is 5.01 Å². The SMILES string of the molecule is Cc1csc(C2CNc3ccccc3C2)n1. The number of nitrogens with zero attached hydrogens (tertiary/aromatic N) is 1. The van der Waals surface area contributed by atoms with Crippen molar-refractivity contribution >= 4 is 17.0 Å². The fourth-order valence-electron chi connectivity index (χ4n) is 2.18. The molecule has 1 aromatic heterocycles. The van der Waals surface area contributed by atoms with E-state index < -0.39 is 0 Å². The molecule has 1 aliphatic rings. The molecule has 1 aromatic carbocycles. The second-order valence-corrected chi connectivity index (χ2v) is 5.16. The van der Waals surface area contributed by atoms with E-state index in [-0.39, 0.29) is 0 Å². The minimum Gasteiger partial charge on any atom is -0.384 e. The Morgan fingerprint density at radius 3 is 3.06 bits per heavy atom. The number of thiazole rings is 1. The van der Waals surface area contributed by atoms with Gasteiger partial charge in [-0.25, -0.2) is 4.98 Å². The number of para-hydroxylation sites is 1. The van der Waals surface area contributed by atoms with Crippen LogP contribution in [0.4, 0.5) is 5.69 Å². The van der Waals surface area contributed by atoms with Crippen molar-refractivity contribution in [2.45, 2.75) is 19.3 Å². The third-order valence-electron chi connectivity index (χ3n) is 3.01. The highest BCUT2D eigenvalue weighted by atomic mass is 32.1.